The number of nitrogens with one attached hydrogen (secondary N) is 1. The maximum atomic E-state index is 12.9. The molecule has 0 aliphatic rings. The molecule has 0 unspecified atom stereocenters. The number of rotatable bonds is 9. The van der Waals surface area contributed by atoms with Crippen molar-refractivity contribution in [3.05, 3.63) is 64.3 Å². The third-order valence-corrected chi connectivity index (χ3v) is 6.71. The first-order chi connectivity index (χ1) is 16.9. The Balaban J connectivity index is 1.46. The third kappa shape index (κ3) is 5.12. The van der Waals surface area contributed by atoms with Gasteiger partial charge >= 0.3 is 0 Å². The lowest BCUT2D eigenvalue weighted by Gasteiger charge is -2.10. The number of carbonyl (C=O) groups is 1. The van der Waals surface area contributed by atoms with Crippen LogP contribution in [0.2, 0.25) is 0 Å². The highest BCUT2D eigenvalue weighted by Crippen LogP contribution is 2.30. The van der Waals surface area contributed by atoms with Crippen molar-refractivity contribution in [3.63, 3.8) is 0 Å². The Hall–Kier alpha value is -3.92. The number of aryl methyl sites for hydroxylation is 1. The summed E-state index contributed by atoms with van der Waals surface area (Å²) in [5, 5.41) is 12.3. The number of nitrogens with zero attached hydrogens (tertiary/aromatic N) is 4. The molecule has 0 bridgehead atoms. The summed E-state index contributed by atoms with van der Waals surface area (Å²) in [5.41, 5.74) is 4.00. The monoisotopic (exact) mass is 493 g/mol. The number of hydrogen-bond acceptors (Lipinski definition) is 8. The molecule has 1 N–H and O–H groups in total. The highest BCUT2D eigenvalue weighted by atomic mass is 32.1. The second kappa shape index (κ2) is 10.6. The van der Waals surface area contributed by atoms with Gasteiger partial charge in [-0.1, -0.05) is 17.3 Å². The molecule has 4 rings (SSSR count). The van der Waals surface area contributed by atoms with Gasteiger partial charge in [0.25, 0.3) is 5.91 Å². The minimum atomic E-state index is -0.162. The molecule has 4 aromatic rings. The van der Waals surface area contributed by atoms with E-state index in [0.29, 0.717) is 45.7 Å². The highest BCUT2D eigenvalue weighted by Gasteiger charge is 2.21. The molecule has 0 aliphatic heterocycles. The van der Waals surface area contributed by atoms with Crippen molar-refractivity contribution in [1.29, 1.82) is 0 Å². The van der Waals surface area contributed by atoms with Crippen LogP contribution in [0.5, 0.6) is 17.2 Å². The summed E-state index contributed by atoms with van der Waals surface area (Å²) < 4.78 is 17.7. The van der Waals surface area contributed by atoms with Crippen LogP contribution in [0, 0.1) is 13.8 Å². The zero-order chi connectivity index (χ0) is 24.9. The van der Waals surface area contributed by atoms with Crippen molar-refractivity contribution in [2.24, 2.45) is 0 Å². The lowest BCUT2D eigenvalue weighted by atomic mass is 10.1. The summed E-state index contributed by atoms with van der Waals surface area (Å²) >= 11 is 1.31. The van der Waals surface area contributed by atoms with Crippen molar-refractivity contribution in [3.8, 4) is 33.6 Å². The van der Waals surface area contributed by atoms with E-state index in [1.54, 1.807) is 26.0 Å². The predicted molar refractivity (Wildman–Crippen MR) is 134 cm³/mol. The van der Waals surface area contributed by atoms with Crippen molar-refractivity contribution in [2.45, 2.75) is 20.3 Å². The van der Waals surface area contributed by atoms with Crippen molar-refractivity contribution >= 4 is 17.2 Å². The van der Waals surface area contributed by atoms with Crippen LogP contribution in [-0.4, -0.2) is 53.8 Å². The van der Waals surface area contributed by atoms with E-state index in [2.05, 4.69) is 20.6 Å². The Labute approximate surface area is 207 Å². The van der Waals surface area contributed by atoms with E-state index in [1.165, 1.54) is 11.3 Å². The fraction of sp³-hybridized carbons (Fsp3) is 0.280. The van der Waals surface area contributed by atoms with E-state index in [-0.39, 0.29) is 5.91 Å². The van der Waals surface area contributed by atoms with Gasteiger partial charge in [0, 0.05) is 12.6 Å². The first-order valence-corrected chi connectivity index (χ1v) is 11.8. The Morgan fingerprint density at radius 1 is 1.03 bits per heavy atom. The second-order valence-electron chi connectivity index (χ2n) is 7.77. The average Bonchev–Trinajstić information content (AvgIpc) is 3.45. The fourth-order valence-corrected chi connectivity index (χ4v) is 4.68. The number of amides is 1. The zero-order valence-corrected chi connectivity index (χ0v) is 21.1. The van der Waals surface area contributed by atoms with Crippen LogP contribution in [0.3, 0.4) is 0 Å². The van der Waals surface area contributed by atoms with Gasteiger partial charge in [-0.2, -0.15) is 0 Å². The first kappa shape index (κ1) is 24.2. The highest BCUT2D eigenvalue weighted by molar-refractivity contribution is 7.17. The molecule has 1 amide bonds. The molecule has 2 heterocycles. The van der Waals surface area contributed by atoms with Gasteiger partial charge in [-0.05, 0) is 50.1 Å². The molecular weight excluding hydrogens is 466 g/mol. The zero-order valence-electron chi connectivity index (χ0n) is 20.3. The Morgan fingerprint density at radius 2 is 1.83 bits per heavy atom. The van der Waals surface area contributed by atoms with Gasteiger partial charge < -0.3 is 19.5 Å². The summed E-state index contributed by atoms with van der Waals surface area (Å²) in [6.45, 7) is 4.23. The largest absolute Gasteiger partial charge is 0.497 e. The molecule has 0 saturated carbocycles. The van der Waals surface area contributed by atoms with Crippen LogP contribution in [0.4, 0.5) is 0 Å². The predicted octanol–water partition coefficient (Wildman–Crippen LogP) is 4.01. The van der Waals surface area contributed by atoms with E-state index < -0.39 is 0 Å². The smallest absolute Gasteiger partial charge is 0.263 e. The van der Waals surface area contributed by atoms with Crippen molar-refractivity contribution in [1.82, 2.24) is 25.3 Å². The number of hydrogen-bond donors (Lipinski definition) is 1. The summed E-state index contributed by atoms with van der Waals surface area (Å²) in [6, 6.07) is 13.3. The molecule has 0 saturated heterocycles. The van der Waals surface area contributed by atoms with Crippen LogP contribution in [-0.2, 0) is 6.42 Å². The number of aromatic nitrogens is 4. The van der Waals surface area contributed by atoms with Crippen LogP contribution in [0.1, 0.15) is 26.6 Å². The lowest BCUT2D eigenvalue weighted by Crippen LogP contribution is -2.25. The first-order valence-electron chi connectivity index (χ1n) is 11.0. The fourth-order valence-electron chi connectivity index (χ4n) is 3.66. The third-order valence-electron chi connectivity index (χ3n) is 5.55. The molecule has 10 heteroatoms. The molecule has 2 aromatic heterocycles. The standard InChI is InChI=1S/C25H27N5O4S/c1-15-23(24(31)26-12-11-17-9-10-20(33-4)21(13-17)34-5)35-25(27-15)22-16(2)30(29-28-22)18-7-6-8-19(14-18)32-3/h6-10,13-14H,11-12H2,1-5H3,(H,26,31). The van der Waals surface area contributed by atoms with E-state index in [9.17, 15) is 4.79 Å². The summed E-state index contributed by atoms with van der Waals surface area (Å²) in [4.78, 5) is 18.0. The second-order valence-corrected chi connectivity index (χ2v) is 8.76. The molecule has 0 aliphatic carbocycles. The molecule has 0 fully saturated rings. The molecule has 0 atom stereocenters. The minimum absolute atomic E-state index is 0.162. The molecule has 9 nitrogen and oxygen atoms in total. The summed E-state index contributed by atoms with van der Waals surface area (Å²) in [6.07, 6.45) is 0.658. The molecule has 0 radical (unpaired) electrons. The molecular formula is C25H27N5O4S. The average molecular weight is 494 g/mol. The van der Waals surface area contributed by atoms with Crippen LogP contribution < -0.4 is 19.5 Å². The lowest BCUT2D eigenvalue weighted by molar-refractivity contribution is 0.0957. The van der Waals surface area contributed by atoms with Gasteiger partial charge in [-0.3, -0.25) is 4.79 Å². The van der Waals surface area contributed by atoms with Crippen LogP contribution >= 0.6 is 11.3 Å². The van der Waals surface area contributed by atoms with E-state index in [1.807, 2.05) is 56.3 Å². The van der Waals surface area contributed by atoms with Crippen molar-refractivity contribution in [2.75, 3.05) is 27.9 Å². The SMILES string of the molecule is COc1cccc(-n2nnc(-c3nc(C)c(C(=O)NCCc4ccc(OC)c(OC)c4)s3)c2C)c1. The van der Waals surface area contributed by atoms with E-state index in [0.717, 1.165) is 22.7 Å². The topological polar surface area (TPSA) is 100 Å². The van der Waals surface area contributed by atoms with Gasteiger partial charge in [0.05, 0.1) is 38.4 Å². The maximum absolute atomic E-state index is 12.9. The van der Waals surface area contributed by atoms with Gasteiger partial charge in [-0.25, -0.2) is 9.67 Å². The van der Waals surface area contributed by atoms with E-state index in [4.69, 9.17) is 14.2 Å². The number of carbonyl (C=O) groups excluding carboxylic acids is 1. The molecule has 182 valence electrons. The van der Waals surface area contributed by atoms with Gasteiger partial charge in [-0.15, -0.1) is 16.4 Å². The summed E-state index contributed by atoms with van der Waals surface area (Å²) in [5.74, 6) is 1.91. The normalized spacial score (nSPS) is 10.8. The van der Waals surface area contributed by atoms with Gasteiger partial charge in [0.2, 0.25) is 0 Å². The number of methoxy groups -OCH3 is 3. The van der Waals surface area contributed by atoms with Gasteiger partial charge in [0.15, 0.2) is 11.5 Å². The molecule has 35 heavy (non-hydrogen) atoms. The van der Waals surface area contributed by atoms with Crippen LogP contribution in [0.25, 0.3) is 16.4 Å². The minimum Gasteiger partial charge on any atom is -0.497 e. The molecule has 0 spiro atoms. The number of ether oxygens (including phenoxy) is 3. The number of benzene rings is 2. The number of thiazole rings is 1. The van der Waals surface area contributed by atoms with E-state index >= 15 is 0 Å². The Bertz CT molecular complexity index is 1350. The quantitative estimate of drug-likeness (QED) is 0.376. The maximum Gasteiger partial charge on any atom is 0.263 e. The molecule has 2 aromatic carbocycles. The Kier molecular flexibility index (Phi) is 7.31. The van der Waals surface area contributed by atoms with Crippen molar-refractivity contribution < 1.29 is 19.0 Å². The van der Waals surface area contributed by atoms with Crippen LogP contribution in [0.15, 0.2) is 42.5 Å². The van der Waals surface area contributed by atoms with Gasteiger partial charge in [0.1, 0.15) is 21.3 Å². The summed E-state index contributed by atoms with van der Waals surface area (Å²) in [7, 11) is 4.83. The Morgan fingerprint density at radius 3 is 2.57 bits per heavy atom.